The zero-order valence-corrected chi connectivity index (χ0v) is 11.2. The Kier molecular flexibility index (Phi) is 2.30. The van der Waals surface area contributed by atoms with Gasteiger partial charge in [0.1, 0.15) is 5.69 Å². The lowest BCUT2D eigenvalue weighted by molar-refractivity contribution is 0.415. The molecule has 3 aromatic rings. The predicted octanol–water partition coefficient (Wildman–Crippen LogP) is 2.55. The lowest BCUT2D eigenvalue weighted by Gasteiger charge is -2.09. The van der Waals surface area contributed by atoms with Crippen molar-refractivity contribution >= 4 is 0 Å². The van der Waals surface area contributed by atoms with E-state index in [1.807, 2.05) is 19.2 Å². The van der Waals surface area contributed by atoms with Gasteiger partial charge in [-0.1, -0.05) is 35.5 Å². The fourth-order valence-electron chi connectivity index (χ4n) is 2.63. The van der Waals surface area contributed by atoms with Crippen LogP contribution in [0.3, 0.4) is 0 Å². The molecule has 0 aliphatic heterocycles. The highest BCUT2D eigenvalue weighted by atomic mass is 16.5. The Bertz CT molecular complexity index is 740. The zero-order valence-electron chi connectivity index (χ0n) is 11.2. The lowest BCUT2D eigenvalue weighted by Crippen LogP contribution is -2.10. The van der Waals surface area contributed by atoms with Gasteiger partial charge in [-0.05, 0) is 24.5 Å². The summed E-state index contributed by atoms with van der Waals surface area (Å²) in [5.74, 6) is 1.31. The minimum absolute atomic E-state index is 0.0540. The molecule has 1 aliphatic rings. The van der Waals surface area contributed by atoms with E-state index in [1.165, 1.54) is 5.56 Å². The number of nitrogens with zero attached hydrogens (tertiary/aromatic N) is 4. The summed E-state index contributed by atoms with van der Waals surface area (Å²) in [6.07, 6.45) is 3.87. The first-order valence-electron chi connectivity index (χ1n) is 6.68. The molecule has 20 heavy (non-hydrogen) atoms. The van der Waals surface area contributed by atoms with Gasteiger partial charge in [0.15, 0.2) is 5.82 Å². The van der Waals surface area contributed by atoms with Crippen LogP contribution in [0.5, 0.6) is 0 Å². The highest BCUT2D eigenvalue weighted by molar-refractivity contribution is 5.48. The first kappa shape index (κ1) is 11.4. The maximum Gasteiger partial charge on any atom is 0.276 e. The summed E-state index contributed by atoms with van der Waals surface area (Å²) in [6, 6.07) is 12.3. The van der Waals surface area contributed by atoms with E-state index in [4.69, 9.17) is 4.52 Å². The molecule has 1 fully saturated rings. The van der Waals surface area contributed by atoms with Gasteiger partial charge in [-0.2, -0.15) is 10.1 Å². The molecule has 0 amide bonds. The summed E-state index contributed by atoms with van der Waals surface area (Å²) in [6.45, 7) is 0. The normalized spacial score (nSPS) is 16.2. The number of aryl methyl sites for hydroxylation is 1. The SMILES string of the molecule is Cn1nccc1-c1nc(C2(c3ccccc3)CC2)no1. The van der Waals surface area contributed by atoms with Gasteiger partial charge in [0, 0.05) is 13.2 Å². The van der Waals surface area contributed by atoms with Crippen molar-refractivity contribution in [2.75, 3.05) is 0 Å². The summed E-state index contributed by atoms with van der Waals surface area (Å²) in [5.41, 5.74) is 2.05. The first-order valence-corrected chi connectivity index (χ1v) is 6.68. The molecule has 100 valence electrons. The van der Waals surface area contributed by atoms with E-state index in [-0.39, 0.29) is 5.41 Å². The van der Waals surface area contributed by atoms with E-state index >= 15 is 0 Å². The van der Waals surface area contributed by atoms with E-state index in [9.17, 15) is 0 Å². The highest BCUT2D eigenvalue weighted by Crippen LogP contribution is 2.52. The molecule has 5 heteroatoms. The van der Waals surface area contributed by atoms with Gasteiger partial charge in [-0.25, -0.2) is 0 Å². The van der Waals surface area contributed by atoms with Gasteiger partial charge in [-0.3, -0.25) is 4.68 Å². The van der Waals surface area contributed by atoms with Crippen LogP contribution in [-0.2, 0) is 12.5 Å². The molecule has 1 aromatic carbocycles. The molecule has 0 spiro atoms. The van der Waals surface area contributed by atoms with E-state index in [1.54, 1.807) is 10.9 Å². The van der Waals surface area contributed by atoms with E-state index in [0.29, 0.717) is 5.89 Å². The van der Waals surface area contributed by atoms with Crippen molar-refractivity contribution in [3.8, 4) is 11.6 Å². The molecule has 0 saturated heterocycles. The number of rotatable bonds is 3. The number of hydrogen-bond acceptors (Lipinski definition) is 4. The Morgan fingerprint density at radius 3 is 2.60 bits per heavy atom. The Labute approximate surface area is 116 Å². The monoisotopic (exact) mass is 266 g/mol. The van der Waals surface area contributed by atoms with E-state index in [2.05, 4.69) is 39.5 Å². The van der Waals surface area contributed by atoms with Crippen LogP contribution >= 0.6 is 0 Å². The summed E-state index contributed by atoms with van der Waals surface area (Å²) in [7, 11) is 1.86. The Balaban J connectivity index is 1.74. The van der Waals surface area contributed by atoms with Crippen LogP contribution in [0.1, 0.15) is 24.2 Å². The van der Waals surface area contributed by atoms with Crippen LogP contribution in [0, 0.1) is 0 Å². The van der Waals surface area contributed by atoms with E-state index in [0.717, 1.165) is 24.4 Å². The van der Waals surface area contributed by atoms with Gasteiger partial charge in [0.05, 0.1) is 5.41 Å². The van der Waals surface area contributed by atoms with Crippen molar-refractivity contribution in [3.63, 3.8) is 0 Å². The number of benzene rings is 1. The predicted molar refractivity (Wildman–Crippen MR) is 73.0 cm³/mol. The van der Waals surface area contributed by atoms with Gasteiger partial charge in [0.2, 0.25) is 0 Å². The molecule has 0 atom stereocenters. The van der Waals surface area contributed by atoms with Crippen molar-refractivity contribution < 1.29 is 4.52 Å². The molecule has 5 nitrogen and oxygen atoms in total. The summed E-state index contributed by atoms with van der Waals surface area (Å²) >= 11 is 0. The maximum absolute atomic E-state index is 5.42. The molecule has 1 saturated carbocycles. The van der Waals surface area contributed by atoms with Crippen LogP contribution < -0.4 is 0 Å². The summed E-state index contributed by atoms with van der Waals surface area (Å²) < 4.78 is 7.15. The third-order valence-electron chi connectivity index (χ3n) is 3.97. The lowest BCUT2D eigenvalue weighted by atomic mass is 9.95. The third-order valence-corrected chi connectivity index (χ3v) is 3.97. The molecule has 4 rings (SSSR count). The second-order valence-electron chi connectivity index (χ2n) is 5.21. The quantitative estimate of drug-likeness (QED) is 0.731. The van der Waals surface area contributed by atoms with Crippen LogP contribution in [0.4, 0.5) is 0 Å². The molecule has 0 radical (unpaired) electrons. The van der Waals surface area contributed by atoms with Crippen LogP contribution in [0.15, 0.2) is 47.1 Å². The molecule has 0 bridgehead atoms. The molecule has 2 heterocycles. The van der Waals surface area contributed by atoms with Crippen molar-refractivity contribution in [1.29, 1.82) is 0 Å². The fraction of sp³-hybridized carbons (Fsp3) is 0.267. The highest BCUT2D eigenvalue weighted by Gasteiger charge is 2.50. The van der Waals surface area contributed by atoms with Crippen molar-refractivity contribution in [1.82, 2.24) is 19.9 Å². The van der Waals surface area contributed by atoms with Crippen LogP contribution in [0.2, 0.25) is 0 Å². The average molecular weight is 266 g/mol. The minimum atomic E-state index is -0.0540. The number of hydrogen-bond donors (Lipinski definition) is 0. The molecule has 2 aromatic heterocycles. The summed E-state index contributed by atoms with van der Waals surface area (Å²) in [5, 5.41) is 8.32. The smallest absolute Gasteiger partial charge is 0.276 e. The second kappa shape index (κ2) is 4.03. The van der Waals surface area contributed by atoms with Gasteiger partial charge in [-0.15, -0.1) is 0 Å². The maximum atomic E-state index is 5.42. The van der Waals surface area contributed by atoms with E-state index < -0.39 is 0 Å². The van der Waals surface area contributed by atoms with Gasteiger partial charge < -0.3 is 4.52 Å². The van der Waals surface area contributed by atoms with Crippen molar-refractivity contribution in [2.45, 2.75) is 18.3 Å². The van der Waals surface area contributed by atoms with Crippen LogP contribution in [0.25, 0.3) is 11.6 Å². The second-order valence-corrected chi connectivity index (χ2v) is 5.21. The van der Waals surface area contributed by atoms with Gasteiger partial charge >= 0.3 is 0 Å². The summed E-state index contributed by atoms with van der Waals surface area (Å²) in [4.78, 5) is 4.59. The molecular formula is C15H14N4O. The largest absolute Gasteiger partial charge is 0.332 e. The Hall–Kier alpha value is -2.43. The Morgan fingerprint density at radius 1 is 1.15 bits per heavy atom. The molecule has 0 unspecified atom stereocenters. The standard InChI is InChI=1S/C15H14N4O/c1-19-12(7-10-16-19)13-17-14(18-20-13)15(8-9-15)11-5-3-2-4-6-11/h2-7,10H,8-9H2,1H3. The van der Waals surface area contributed by atoms with Crippen molar-refractivity contribution in [2.24, 2.45) is 7.05 Å². The van der Waals surface area contributed by atoms with Crippen LogP contribution in [-0.4, -0.2) is 19.9 Å². The zero-order chi connectivity index (χ0) is 13.6. The third kappa shape index (κ3) is 1.59. The minimum Gasteiger partial charge on any atom is -0.332 e. The first-order chi connectivity index (χ1) is 9.79. The average Bonchev–Trinajstić information content (AvgIpc) is 2.94. The van der Waals surface area contributed by atoms with Crippen molar-refractivity contribution in [3.05, 3.63) is 54.0 Å². The topological polar surface area (TPSA) is 56.7 Å². The van der Waals surface area contributed by atoms with Gasteiger partial charge in [0.25, 0.3) is 5.89 Å². The molecule has 1 aliphatic carbocycles. The Morgan fingerprint density at radius 2 is 1.95 bits per heavy atom. The number of aromatic nitrogens is 4. The molecular weight excluding hydrogens is 252 g/mol. The molecule has 0 N–H and O–H groups in total. The fourth-order valence-corrected chi connectivity index (χ4v) is 2.63.